The van der Waals surface area contributed by atoms with Gasteiger partial charge in [0.25, 0.3) is 0 Å². The molecule has 25 heavy (non-hydrogen) atoms. The van der Waals surface area contributed by atoms with Gasteiger partial charge in [0.15, 0.2) is 0 Å². The van der Waals surface area contributed by atoms with Crippen LogP contribution < -0.4 is 9.80 Å². The van der Waals surface area contributed by atoms with Crippen LogP contribution in [0.25, 0.3) is 4.96 Å². The number of imidazole rings is 1. The van der Waals surface area contributed by atoms with Crippen LogP contribution in [0.4, 0.5) is 10.8 Å². The number of amides is 1. The Bertz CT molecular complexity index is 900. The number of piperazine rings is 1. The van der Waals surface area contributed by atoms with Crippen molar-refractivity contribution in [3.63, 3.8) is 0 Å². The molecule has 0 saturated carbocycles. The van der Waals surface area contributed by atoms with Crippen molar-refractivity contribution >= 4 is 33.0 Å². The second-order valence-corrected chi connectivity index (χ2v) is 8.26. The summed E-state index contributed by atoms with van der Waals surface area (Å²) in [5.74, 6) is 0.0578. The van der Waals surface area contributed by atoms with Crippen molar-refractivity contribution in [1.82, 2.24) is 24.4 Å². The van der Waals surface area contributed by atoms with Gasteiger partial charge in [-0.25, -0.2) is 9.50 Å². The first-order chi connectivity index (χ1) is 11.8. The molecule has 3 aromatic heterocycles. The standard InChI is InChI=1S/C16H21N7OS/c1-16(2,3)12-9-23-14(18-12)25-15(19-23)21-5-6-22(13(24)10-21)11-7-17-20(4)8-11/h7-9H,5-6,10H2,1-4H3. The molecular weight excluding hydrogens is 338 g/mol. The monoisotopic (exact) mass is 359 g/mol. The lowest BCUT2D eigenvalue weighted by molar-refractivity contribution is -0.117. The maximum Gasteiger partial charge on any atom is 0.246 e. The molecular formula is C16H21N7OS. The van der Waals surface area contributed by atoms with E-state index >= 15 is 0 Å². The summed E-state index contributed by atoms with van der Waals surface area (Å²) >= 11 is 1.52. The smallest absolute Gasteiger partial charge is 0.246 e. The number of carbonyl (C=O) groups is 1. The largest absolute Gasteiger partial charge is 0.336 e. The topological polar surface area (TPSA) is 71.6 Å². The molecule has 8 nitrogen and oxygen atoms in total. The van der Waals surface area contributed by atoms with Gasteiger partial charge in [-0.05, 0) is 0 Å². The molecule has 1 aliphatic rings. The van der Waals surface area contributed by atoms with Crippen LogP contribution in [0.15, 0.2) is 18.6 Å². The third kappa shape index (κ3) is 2.88. The van der Waals surface area contributed by atoms with Gasteiger partial charge in [-0.3, -0.25) is 9.48 Å². The van der Waals surface area contributed by atoms with E-state index in [-0.39, 0.29) is 11.3 Å². The van der Waals surface area contributed by atoms with Crippen molar-refractivity contribution < 1.29 is 4.79 Å². The van der Waals surface area contributed by atoms with E-state index < -0.39 is 0 Å². The Morgan fingerprint density at radius 3 is 2.60 bits per heavy atom. The molecule has 0 unspecified atom stereocenters. The van der Waals surface area contributed by atoms with E-state index in [1.54, 1.807) is 15.8 Å². The maximum atomic E-state index is 12.5. The summed E-state index contributed by atoms with van der Waals surface area (Å²) in [4.78, 5) is 21.9. The Morgan fingerprint density at radius 2 is 2.00 bits per heavy atom. The van der Waals surface area contributed by atoms with Gasteiger partial charge in [0.1, 0.15) is 0 Å². The van der Waals surface area contributed by atoms with Crippen molar-refractivity contribution in [2.75, 3.05) is 29.4 Å². The highest BCUT2D eigenvalue weighted by Crippen LogP contribution is 2.28. The maximum absolute atomic E-state index is 12.5. The molecule has 3 aromatic rings. The van der Waals surface area contributed by atoms with E-state index in [1.807, 2.05) is 28.9 Å². The highest BCUT2D eigenvalue weighted by molar-refractivity contribution is 7.20. The van der Waals surface area contributed by atoms with E-state index in [9.17, 15) is 4.79 Å². The summed E-state index contributed by atoms with van der Waals surface area (Å²) < 4.78 is 3.52. The lowest BCUT2D eigenvalue weighted by Crippen LogP contribution is -2.50. The summed E-state index contributed by atoms with van der Waals surface area (Å²) in [6.45, 7) is 8.09. The minimum absolute atomic E-state index is 0.00110. The summed E-state index contributed by atoms with van der Waals surface area (Å²) in [5.41, 5.74) is 1.87. The zero-order valence-electron chi connectivity index (χ0n) is 14.8. The molecule has 0 N–H and O–H groups in total. The zero-order chi connectivity index (χ0) is 17.8. The molecule has 4 heterocycles. The number of aryl methyl sites for hydroxylation is 1. The third-order valence-corrected chi connectivity index (χ3v) is 5.28. The van der Waals surface area contributed by atoms with Gasteiger partial charge in [0.2, 0.25) is 16.0 Å². The fourth-order valence-electron chi connectivity index (χ4n) is 2.84. The molecule has 1 saturated heterocycles. The Kier molecular flexibility index (Phi) is 3.57. The first kappa shape index (κ1) is 16.1. The Labute approximate surface area is 149 Å². The molecule has 132 valence electrons. The second-order valence-electron chi connectivity index (χ2n) is 7.33. The van der Waals surface area contributed by atoms with Gasteiger partial charge in [-0.1, -0.05) is 32.1 Å². The Morgan fingerprint density at radius 1 is 1.20 bits per heavy atom. The predicted octanol–water partition coefficient (Wildman–Crippen LogP) is 1.67. The lowest BCUT2D eigenvalue weighted by Gasteiger charge is -2.33. The van der Waals surface area contributed by atoms with Crippen LogP contribution in [0.2, 0.25) is 0 Å². The van der Waals surface area contributed by atoms with Gasteiger partial charge >= 0.3 is 0 Å². The van der Waals surface area contributed by atoms with Crippen LogP contribution >= 0.6 is 11.3 Å². The van der Waals surface area contributed by atoms with Crippen LogP contribution in [-0.2, 0) is 17.3 Å². The molecule has 1 aliphatic heterocycles. The number of hydrogen-bond donors (Lipinski definition) is 0. The van der Waals surface area contributed by atoms with E-state index in [2.05, 4.69) is 36.0 Å². The van der Waals surface area contributed by atoms with E-state index in [0.717, 1.165) is 28.0 Å². The molecule has 1 amide bonds. The number of hydrogen-bond acceptors (Lipinski definition) is 6. The molecule has 0 atom stereocenters. The second kappa shape index (κ2) is 5.55. The normalized spacial score (nSPS) is 16.2. The van der Waals surface area contributed by atoms with Crippen LogP contribution in [0.3, 0.4) is 0 Å². The number of rotatable bonds is 2. The molecule has 0 aliphatic carbocycles. The van der Waals surface area contributed by atoms with Gasteiger partial charge in [-0.15, -0.1) is 5.10 Å². The molecule has 0 spiro atoms. The van der Waals surface area contributed by atoms with Crippen LogP contribution in [0.5, 0.6) is 0 Å². The zero-order valence-corrected chi connectivity index (χ0v) is 15.6. The third-order valence-electron chi connectivity index (χ3n) is 4.30. The first-order valence-corrected chi connectivity index (χ1v) is 9.03. The van der Waals surface area contributed by atoms with Gasteiger partial charge in [-0.2, -0.15) is 5.10 Å². The lowest BCUT2D eigenvalue weighted by atomic mass is 9.93. The minimum atomic E-state index is -0.00110. The van der Waals surface area contributed by atoms with Gasteiger partial charge < -0.3 is 9.80 Å². The molecule has 4 rings (SSSR count). The number of carbonyl (C=O) groups excluding carboxylic acids is 1. The van der Waals surface area contributed by atoms with Crippen molar-refractivity contribution in [3.05, 3.63) is 24.3 Å². The summed E-state index contributed by atoms with van der Waals surface area (Å²) in [6, 6.07) is 0. The fraction of sp³-hybridized carbons (Fsp3) is 0.500. The molecule has 9 heteroatoms. The number of nitrogens with zero attached hydrogens (tertiary/aromatic N) is 7. The summed E-state index contributed by atoms with van der Waals surface area (Å²) in [7, 11) is 1.85. The molecule has 0 bridgehead atoms. The quantitative estimate of drug-likeness (QED) is 0.696. The highest BCUT2D eigenvalue weighted by Gasteiger charge is 2.28. The number of aromatic nitrogens is 5. The van der Waals surface area contributed by atoms with Crippen molar-refractivity contribution in [2.24, 2.45) is 7.05 Å². The van der Waals surface area contributed by atoms with E-state index in [4.69, 9.17) is 0 Å². The van der Waals surface area contributed by atoms with Crippen molar-refractivity contribution in [2.45, 2.75) is 26.2 Å². The highest BCUT2D eigenvalue weighted by atomic mass is 32.1. The number of anilines is 2. The average molecular weight is 359 g/mol. The van der Waals surface area contributed by atoms with Gasteiger partial charge in [0, 0.05) is 31.7 Å². The number of fused-ring (bicyclic) bond motifs is 1. The predicted molar refractivity (Wildman–Crippen MR) is 97.3 cm³/mol. The van der Waals surface area contributed by atoms with Crippen molar-refractivity contribution in [3.8, 4) is 0 Å². The van der Waals surface area contributed by atoms with Gasteiger partial charge in [0.05, 0.1) is 30.3 Å². The summed E-state index contributed by atoms with van der Waals surface area (Å²) in [6.07, 6.45) is 5.56. The minimum Gasteiger partial charge on any atom is -0.336 e. The van der Waals surface area contributed by atoms with Crippen LogP contribution in [-0.4, -0.2) is 49.9 Å². The first-order valence-electron chi connectivity index (χ1n) is 8.22. The molecule has 1 fully saturated rings. The molecule has 0 radical (unpaired) electrons. The van der Waals surface area contributed by atoms with E-state index in [0.29, 0.717) is 13.1 Å². The van der Waals surface area contributed by atoms with Crippen LogP contribution in [0.1, 0.15) is 26.5 Å². The Balaban J connectivity index is 1.52. The summed E-state index contributed by atoms with van der Waals surface area (Å²) in [5, 5.41) is 9.59. The van der Waals surface area contributed by atoms with E-state index in [1.165, 1.54) is 11.3 Å². The fourth-order valence-corrected chi connectivity index (χ4v) is 3.74. The van der Waals surface area contributed by atoms with Crippen molar-refractivity contribution in [1.29, 1.82) is 0 Å². The Hall–Kier alpha value is -2.42. The SMILES string of the molecule is Cn1cc(N2CCN(c3nn4cc(C(C)(C)C)nc4s3)CC2=O)cn1. The van der Waals surface area contributed by atoms with Crippen LogP contribution in [0, 0.1) is 0 Å². The average Bonchev–Trinajstić information content (AvgIpc) is 3.20. The molecule has 0 aromatic carbocycles.